The molecule has 5 heteroatoms. The molecule has 1 saturated heterocycles. The molecule has 1 heterocycles. The lowest BCUT2D eigenvalue weighted by molar-refractivity contribution is -0.130. The molecule has 0 radical (unpaired) electrons. The Bertz CT molecular complexity index is 452. The number of aliphatic hydroxyl groups is 1. The van der Waals surface area contributed by atoms with Crippen LogP contribution in [0.2, 0.25) is 0 Å². The van der Waals surface area contributed by atoms with Crippen LogP contribution in [0, 0.1) is 11.7 Å². The summed E-state index contributed by atoms with van der Waals surface area (Å²) in [6.07, 6.45) is 1.83. The van der Waals surface area contributed by atoms with Crippen LogP contribution < -0.4 is 4.74 Å². The summed E-state index contributed by atoms with van der Waals surface area (Å²) in [7, 11) is 0. The highest BCUT2D eigenvalue weighted by molar-refractivity contribution is 5.76. The number of ether oxygens (including phenoxy) is 1. The van der Waals surface area contributed by atoms with Crippen molar-refractivity contribution in [2.24, 2.45) is 5.92 Å². The van der Waals surface area contributed by atoms with E-state index in [2.05, 4.69) is 0 Å². The summed E-state index contributed by atoms with van der Waals surface area (Å²) in [6.45, 7) is 1.83. The number of rotatable bonds is 6. The molecule has 0 saturated carbocycles. The number of amides is 1. The van der Waals surface area contributed by atoms with E-state index in [1.165, 1.54) is 6.07 Å². The fourth-order valence-corrected chi connectivity index (χ4v) is 2.33. The Balaban J connectivity index is 1.66. The van der Waals surface area contributed by atoms with Crippen molar-refractivity contribution in [2.75, 3.05) is 26.3 Å². The molecule has 1 aromatic rings. The van der Waals surface area contributed by atoms with Gasteiger partial charge < -0.3 is 14.7 Å². The molecule has 0 aromatic heterocycles. The third-order valence-electron chi connectivity index (χ3n) is 3.53. The average molecular weight is 281 g/mol. The van der Waals surface area contributed by atoms with E-state index in [-0.39, 0.29) is 30.0 Å². The molecule has 1 N–H and O–H groups in total. The molecule has 110 valence electrons. The first-order valence-electron chi connectivity index (χ1n) is 6.96. The van der Waals surface area contributed by atoms with E-state index >= 15 is 0 Å². The Kier molecular flexibility index (Phi) is 5.35. The first-order chi connectivity index (χ1) is 9.70. The van der Waals surface area contributed by atoms with Gasteiger partial charge in [-0.1, -0.05) is 12.1 Å². The number of likely N-dealkylation sites (tertiary alicyclic amines) is 1. The van der Waals surface area contributed by atoms with Gasteiger partial charge in [0, 0.05) is 32.0 Å². The zero-order chi connectivity index (χ0) is 14.4. The van der Waals surface area contributed by atoms with Gasteiger partial charge in [0.05, 0.1) is 6.61 Å². The lowest BCUT2D eigenvalue weighted by Gasteiger charge is -2.16. The van der Waals surface area contributed by atoms with Crippen LogP contribution >= 0.6 is 0 Å². The summed E-state index contributed by atoms with van der Waals surface area (Å²) in [4.78, 5) is 13.7. The Labute approximate surface area is 118 Å². The van der Waals surface area contributed by atoms with Crippen LogP contribution in [0.3, 0.4) is 0 Å². The summed E-state index contributed by atoms with van der Waals surface area (Å²) in [5.41, 5.74) is 0. The van der Waals surface area contributed by atoms with Crippen molar-refractivity contribution in [3.63, 3.8) is 0 Å². The van der Waals surface area contributed by atoms with E-state index in [1.807, 2.05) is 0 Å². The molecule has 1 unspecified atom stereocenters. The largest absolute Gasteiger partial charge is 0.491 e. The quantitative estimate of drug-likeness (QED) is 0.809. The maximum atomic E-state index is 13.3. The highest BCUT2D eigenvalue weighted by Crippen LogP contribution is 2.18. The maximum absolute atomic E-state index is 13.3. The van der Waals surface area contributed by atoms with Gasteiger partial charge >= 0.3 is 0 Å². The third kappa shape index (κ3) is 3.93. The van der Waals surface area contributed by atoms with E-state index in [9.17, 15) is 9.18 Å². The predicted molar refractivity (Wildman–Crippen MR) is 72.9 cm³/mol. The third-order valence-corrected chi connectivity index (χ3v) is 3.53. The molecular weight excluding hydrogens is 261 g/mol. The van der Waals surface area contributed by atoms with Crippen LogP contribution in [0.25, 0.3) is 0 Å². The van der Waals surface area contributed by atoms with E-state index in [0.717, 1.165) is 13.0 Å². The Morgan fingerprint density at radius 1 is 1.45 bits per heavy atom. The number of nitrogens with zero attached hydrogens (tertiary/aromatic N) is 1. The van der Waals surface area contributed by atoms with Gasteiger partial charge in [-0.2, -0.15) is 0 Å². The normalized spacial score (nSPS) is 18.3. The number of para-hydroxylation sites is 1. The van der Waals surface area contributed by atoms with Crippen LogP contribution in [-0.4, -0.2) is 42.2 Å². The van der Waals surface area contributed by atoms with Crippen molar-refractivity contribution in [1.29, 1.82) is 0 Å². The van der Waals surface area contributed by atoms with Crippen LogP contribution in [-0.2, 0) is 4.79 Å². The van der Waals surface area contributed by atoms with Crippen LogP contribution in [0.4, 0.5) is 4.39 Å². The molecule has 1 atom stereocenters. The molecule has 1 aliphatic rings. The van der Waals surface area contributed by atoms with Crippen molar-refractivity contribution >= 4 is 5.91 Å². The van der Waals surface area contributed by atoms with Gasteiger partial charge in [-0.05, 0) is 25.0 Å². The van der Waals surface area contributed by atoms with Crippen LogP contribution in [0.5, 0.6) is 5.75 Å². The SMILES string of the molecule is O=C(CCCOc1ccccc1F)N1CCC(CO)C1. The molecule has 1 aliphatic heterocycles. The molecule has 4 nitrogen and oxygen atoms in total. The average Bonchev–Trinajstić information content (AvgIpc) is 2.94. The summed E-state index contributed by atoms with van der Waals surface area (Å²) < 4.78 is 18.6. The lowest BCUT2D eigenvalue weighted by Crippen LogP contribution is -2.29. The zero-order valence-electron chi connectivity index (χ0n) is 11.4. The van der Waals surface area contributed by atoms with E-state index in [0.29, 0.717) is 26.0 Å². The summed E-state index contributed by atoms with van der Waals surface area (Å²) in [5.74, 6) is 0.136. The van der Waals surface area contributed by atoms with Crippen LogP contribution in [0.1, 0.15) is 19.3 Å². The van der Waals surface area contributed by atoms with Crippen LogP contribution in [0.15, 0.2) is 24.3 Å². The smallest absolute Gasteiger partial charge is 0.222 e. The van der Waals surface area contributed by atoms with E-state index < -0.39 is 0 Å². The number of aliphatic hydroxyl groups excluding tert-OH is 1. The zero-order valence-corrected chi connectivity index (χ0v) is 11.4. The topological polar surface area (TPSA) is 49.8 Å². The molecule has 1 aromatic carbocycles. The van der Waals surface area contributed by atoms with Crippen molar-refractivity contribution in [2.45, 2.75) is 19.3 Å². The van der Waals surface area contributed by atoms with Gasteiger partial charge in [-0.3, -0.25) is 4.79 Å². The van der Waals surface area contributed by atoms with Gasteiger partial charge in [0.25, 0.3) is 0 Å². The van der Waals surface area contributed by atoms with Crippen molar-refractivity contribution < 1.29 is 19.0 Å². The second-order valence-corrected chi connectivity index (χ2v) is 5.06. The second-order valence-electron chi connectivity index (χ2n) is 5.06. The Morgan fingerprint density at radius 2 is 2.25 bits per heavy atom. The predicted octanol–water partition coefficient (Wildman–Crippen LogP) is 1.83. The minimum absolute atomic E-state index is 0.0816. The van der Waals surface area contributed by atoms with Crippen molar-refractivity contribution in [3.05, 3.63) is 30.1 Å². The number of hydrogen-bond donors (Lipinski definition) is 1. The molecule has 1 fully saturated rings. The fraction of sp³-hybridized carbons (Fsp3) is 0.533. The maximum Gasteiger partial charge on any atom is 0.222 e. The number of carbonyl (C=O) groups excluding carboxylic acids is 1. The van der Waals surface area contributed by atoms with Gasteiger partial charge in [0.1, 0.15) is 0 Å². The molecule has 20 heavy (non-hydrogen) atoms. The van der Waals surface area contributed by atoms with E-state index in [4.69, 9.17) is 9.84 Å². The standard InChI is InChI=1S/C15H20FNO3/c16-13-4-1-2-5-14(13)20-9-3-6-15(19)17-8-7-12(10-17)11-18/h1-2,4-5,12,18H,3,6-11H2. The Morgan fingerprint density at radius 3 is 2.95 bits per heavy atom. The Hall–Kier alpha value is -1.62. The highest BCUT2D eigenvalue weighted by Gasteiger charge is 2.24. The first kappa shape index (κ1) is 14.8. The summed E-state index contributed by atoms with van der Waals surface area (Å²) >= 11 is 0. The lowest BCUT2D eigenvalue weighted by atomic mass is 10.1. The van der Waals surface area contributed by atoms with E-state index in [1.54, 1.807) is 23.1 Å². The fourth-order valence-electron chi connectivity index (χ4n) is 2.33. The molecular formula is C15H20FNO3. The highest BCUT2D eigenvalue weighted by atomic mass is 19.1. The molecule has 2 rings (SSSR count). The van der Waals surface area contributed by atoms with Crippen molar-refractivity contribution in [1.82, 2.24) is 4.90 Å². The van der Waals surface area contributed by atoms with Gasteiger partial charge in [-0.25, -0.2) is 4.39 Å². The monoisotopic (exact) mass is 281 g/mol. The second kappa shape index (κ2) is 7.24. The number of benzene rings is 1. The number of halogens is 1. The number of carbonyl (C=O) groups is 1. The molecule has 0 bridgehead atoms. The van der Waals surface area contributed by atoms with Gasteiger partial charge in [0.15, 0.2) is 11.6 Å². The van der Waals surface area contributed by atoms with Gasteiger partial charge in [0.2, 0.25) is 5.91 Å². The molecule has 0 aliphatic carbocycles. The molecule has 0 spiro atoms. The van der Waals surface area contributed by atoms with Gasteiger partial charge in [-0.15, -0.1) is 0 Å². The molecule has 1 amide bonds. The minimum atomic E-state index is -0.385. The number of hydrogen-bond acceptors (Lipinski definition) is 3. The summed E-state index contributed by atoms with van der Waals surface area (Å²) in [5, 5.41) is 9.04. The van der Waals surface area contributed by atoms with Crippen molar-refractivity contribution in [3.8, 4) is 5.75 Å². The summed E-state index contributed by atoms with van der Waals surface area (Å²) in [6, 6.07) is 6.24. The minimum Gasteiger partial charge on any atom is -0.491 e. The first-order valence-corrected chi connectivity index (χ1v) is 6.96.